The Bertz CT molecular complexity index is 648. The number of piperazine rings is 1. The van der Waals surface area contributed by atoms with E-state index in [1.165, 1.54) is 0 Å². The van der Waals surface area contributed by atoms with Gasteiger partial charge in [0.1, 0.15) is 5.60 Å². The molecule has 1 aromatic heterocycles. The minimum absolute atomic E-state index is 0. The van der Waals surface area contributed by atoms with Gasteiger partial charge in [-0.05, 0) is 27.2 Å². The van der Waals surface area contributed by atoms with E-state index in [0.717, 1.165) is 12.2 Å². The quantitative estimate of drug-likeness (QED) is 0.282. The van der Waals surface area contributed by atoms with Crippen molar-refractivity contribution in [2.75, 3.05) is 32.7 Å². The molecule has 10 heteroatoms. The molecule has 1 saturated heterocycles. The van der Waals surface area contributed by atoms with Gasteiger partial charge < -0.3 is 24.8 Å². The summed E-state index contributed by atoms with van der Waals surface area (Å²) in [6, 6.07) is 0. The SMILES string of the molecule is CC(C)c1noc(CCCN=C(N)N2CCN(C(=O)OC(C)(C)C)CC2)n1.I. The van der Waals surface area contributed by atoms with Crippen LogP contribution in [-0.4, -0.2) is 70.3 Å². The molecule has 1 fully saturated rings. The maximum atomic E-state index is 12.1. The highest BCUT2D eigenvalue weighted by Crippen LogP contribution is 2.12. The topological polar surface area (TPSA) is 110 Å². The Balaban J connectivity index is 0.00000392. The fraction of sp³-hybridized carbons (Fsp3) is 0.778. The summed E-state index contributed by atoms with van der Waals surface area (Å²) < 4.78 is 10.6. The first-order valence-electron chi connectivity index (χ1n) is 9.51. The number of guanidine groups is 1. The average Bonchev–Trinajstić information content (AvgIpc) is 3.06. The fourth-order valence-corrected chi connectivity index (χ4v) is 2.57. The minimum Gasteiger partial charge on any atom is -0.444 e. The molecule has 0 bridgehead atoms. The molecule has 160 valence electrons. The number of amides is 1. The number of carbonyl (C=O) groups excluding carboxylic acids is 1. The first kappa shape index (κ1) is 24.4. The molecule has 1 aromatic rings. The van der Waals surface area contributed by atoms with Crippen LogP contribution in [0.1, 0.15) is 58.7 Å². The Morgan fingerprint density at radius 2 is 1.86 bits per heavy atom. The van der Waals surface area contributed by atoms with Crippen molar-refractivity contribution in [3.63, 3.8) is 0 Å². The molecule has 1 aliphatic heterocycles. The van der Waals surface area contributed by atoms with Crippen LogP contribution in [0.3, 0.4) is 0 Å². The zero-order valence-corrected chi connectivity index (χ0v) is 19.8. The number of aryl methyl sites for hydroxylation is 1. The van der Waals surface area contributed by atoms with Crippen LogP contribution in [0.4, 0.5) is 4.79 Å². The molecular formula is C18H33IN6O3. The Hall–Kier alpha value is -1.59. The monoisotopic (exact) mass is 508 g/mol. The number of hydrogen-bond donors (Lipinski definition) is 1. The summed E-state index contributed by atoms with van der Waals surface area (Å²) in [5, 5.41) is 3.95. The Morgan fingerprint density at radius 3 is 2.39 bits per heavy atom. The molecule has 1 aliphatic rings. The van der Waals surface area contributed by atoms with E-state index in [4.69, 9.17) is 15.0 Å². The van der Waals surface area contributed by atoms with Gasteiger partial charge in [0.15, 0.2) is 11.8 Å². The third kappa shape index (κ3) is 7.80. The van der Waals surface area contributed by atoms with Crippen LogP contribution in [0.2, 0.25) is 0 Å². The fourth-order valence-electron chi connectivity index (χ4n) is 2.57. The van der Waals surface area contributed by atoms with E-state index in [-0.39, 0.29) is 36.0 Å². The summed E-state index contributed by atoms with van der Waals surface area (Å²) >= 11 is 0. The van der Waals surface area contributed by atoms with Gasteiger partial charge in [0.05, 0.1) is 0 Å². The van der Waals surface area contributed by atoms with E-state index in [1.807, 2.05) is 39.5 Å². The summed E-state index contributed by atoms with van der Waals surface area (Å²) in [6.45, 7) is 12.7. The predicted molar refractivity (Wildman–Crippen MR) is 118 cm³/mol. The second-order valence-electron chi connectivity index (χ2n) is 8.00. The van der Waals surface area contributed by atoms with Crippen LogP contribution in [0.15, 0.2) is 9.52 Å². The van der Waals surface area contributed by atoms with Gasteiger partial charge in [-0.15, -0.1) is 24.0 Å². The van der Waals surface area contributed by atoms with Crippen molar-refractivity contribution >= 4 is 36.0 Å². The van der Waals surface area contributed by atoms with Crippen molar-refractivity contribution in [3.8, 4) is 0 Å². The van der Waals surface area contributed by atoms with E-state index in [1.54, 1.807) is 4.90 Å². The summed E-state index contributed by atoms with van der Waals surface area (Å²) in [5.74, 6) is 2.14. The van der Waals surface area contributed by atoms with Crippen molar-refractivity contribution in [1.29, 1.82) is 0 Å². The second-order valence-corrected chi connectivity index (χ2v) is 8.00. The van der Waals surface area contributed by atoms with Crippen molar-refractivity contribution < 1.29 is 14.1 Å². The lowest BCUT2D eigenvalue weighted by Gasteiger charge is -2.36. The van der Waals surface area contributed by atoms with Crippen molar-refractivity contribution in [1.82, 2.24) is 19.9 Å². The largest absolute Gasteiger partial charge is 0.444 e. The van der Waals surface area contributed by atoms with Crippen LogP contribution in [-0.2, 0) is 11.2 Å². The van der Waals surface area contributed by atoms with Crippen molar-refractivity contribution in [3.05, 3.63) is 11.7 Å². The van der Waals surface area contributed by atoms with Crippen LogP contribution in [0.5, 0.6) is 0 Å². The summed E-state index contributed by atoms with van der Waals surface area (Å²) in [4.78, 5) is 24.6. The number of carbonyl (C=O) groups is 1. The zero-order valence-electron chi connectivity index (χ0n) is 17.5. The molecule has 9 nitrogen and oxygen atoms in total. The summed E-state index contributed by atoms with van der Waals surface area (Å²) in [6.07, 6.45) is 1.19. The molecule has 1 amide bonds. The molecule has 2 N–H and O–H groups in total. The van der Waals surface area contributed by atoms with E-state index in [9.17, 15) is 4.79 Å². The summed E-state index contributed by atoms with van der Waals surface area (Å²) in [7, 11) is 0. The molecule has 0 spiro atoms. The Morgan fingerprint density at radius 1 is 1.25 bits per heavy atom. The highest BCUT2D eigenvalue weighted by molar-refractivity contribution is 14.0. The Kier molecular flexibility index (Phi) is 9.45. The molecule has 0 radical (unpaired) electrons. The van der Waals surface area contributed by atoms with Gasteiger partial charge in [-0.3, -0.25) is 4.99 Å². The van der Waals surface area contributed by atoms with Gasteiger partial charge in [0.2, 0.25) is 5.89 Å². The van der Waals surface area contributed by atoms with Crippen molar-refractivity contribution in [2.45, 2.75) is 59.0 Å². The normalized spacial score (nSPS) is 15.6. The number of nitrogens with two attached hydrogens (primary N) is 1. The molecule has 28 heavy (non-hydrogen) atoms. The third-order valence-corrected chi connectivity index (χ3v) is 4.08. The molecular weight excluding hydrogens is 475 g/mol. The Labute approximate surface area is 184 Å². The molecule has 0 atom stereocenters. The lowest BCUT2D eigenvalue weighted by atomic mass is 10.2. The number of nitrogens with zero attached hydrogens (tertiary/aromatic N) is 5. The van der Waals surface area contributed by atoms with E-state index >= 15 is 0 Å². The zero-order chi connectivity index (χ0) is 20.0. The first-order valence-corrected chi connectivity index (χ1v) is 9.51. The van der Waals surface area contributed by atoms with Crippen LogP contribution in [0, 0.1) is 0 Å². The number of halogens is 1. The van der Waals surface area contributed by atoms with Gasteiger partial charge in [-0.1, -0.05) is 19.0 Å². The molecule has 2 heterocycles. The first-order chi connectivity index (χ1) is 12.7. The smallest absolute Gasteiger partial charge is 0.410 e. The number of hydrogen-bond acceptors (Lipinski definition) is 6. The van der Waals surface area contributed by atoms with Gasteiger partial charge >= 0.3 is 6.09 Å². The number of ether oxygens (including phenoxy) is 1. The lowest BCUT2D eigenvalue weighted by molar-refractivity contribution is 0.0186. The third-order valence-electron chi connectivity index (χ3n) is 4.08. The molecule has 0 aromatic carbocycles. The van der Waals surface area contributed by atoms with Crippen LogP contribution in [0.25, 0.3) is 0 Å². The van der Waals surface area contributed by atoms with Gasteiger partial charge in [-0.25, -0.2) is 4.79 Å². The maximum Gasteiger partial charge on any atom is 0.410 e. The van der Waals surface area contributed by atoms with Gasteiger partial charge in [0.25, 0.3) is 0 Å². The highest BCUT2D eigenvalue weighted by atomic mass is 127. The molecule has 0 unspecified atom stereocenters. The van der Waals surface area contributed by atoms with E-state index in [0.29, 0.717) is 51.0 Å². The van der Waals surface area contributed by atoms with Gasteiger partial charge in [-0.2, -0.15) is 4.98 Å². The number of aliphatic imine (C=N–C) groups is 1. The van der Waals surface area contributed by atoms with E-state index in [2.05, 4.69) is 15.1 Å². The lowest BCUT2D eigenvalue weighted by Crippen LogP contribution is -2.53. The van der Waals surface area contributed by atoms with Crippen LogP contribution < -0.4 is 5.73 Å². The van der Waals surface area contributed by atoms with Gasteiger partial charge in [0, 0.05) is 45.1 Å². The highest BCUT2D eigenvalue weighted by Gasteiger charge is 2.26. The average molecular weight is 508 g/mol. The molecule has 0 aliphatic carbocycles. The summed E-state index contributed by atoms with van der Waals surface area (Å²) in [5.41, 5.74) is 5.60. The van der Waals surface area contributed by atoms with Crippen molar-refractivity contribution in [2.24, 2.45) is 10.7 Å². The van der Waals surface area contributed by atoms with E-state index < -0.39 is 5.60 Å². The second kappa shape index (κ2) is 10.8. The molecule has 2 rings (SSSR count). The standard InChI is InChI=1S/C18H32N6O3.HI/c1-13(2)15-21-14(27-22-15)7-6-8-20-16(19)23-9-11-24(12-10-23)17(25)26-18(3,4)5;/h13H,6-12H2,1-5H3,(H2,19,20);1H. The maximum absolute atomic E-state index is 12.1. The minimum atomic E-state index is -0.483. The number of rotatable bonds is 5. The predicted octanol–water partition coefficient (Wildman–Crippen LogP) is 2.61. The van der Waals surface area contributed by atoms with Crippen LogP contribution >= 0.6 is 24.0 Å². The molecule has 0 saturated carbocycles. The number of aromatic nitrogens is 2.